The second-order valence-electron chi connectivity index (χ2n) is 5.52. The first-order chi connectivity index (χ1) is 13.1. The predicted octanol–water partition coefficient (Wildman–Crippen LogP) is 2.80. The van der Waals surface area contributed by atoms with Gasteiger partial charge in [-0.1, -0.05) is 19.1 Å². The Labute approximate surface area is 158 Å². The monoisotopic (exact) mass is 372 g/mol. The van der Waals surface area contributed by atoms with Crippen molar-refractivity contribution in [2.45, 2.75) is 13.3 Å². The van der Waals surface area contributed by atoms with E-state index in [-0.39, 0.29) is 12.5 Å². The van der Waals surface area contributed by atoms with Crippen LogP contribution in [0, 0.1) is 0 Å². The molecule has 2 aromatic rings. The fourth-order valence-electron chi connectivity index (χ4n) is 2.33. The summed E-state index contributed by atoms with van der Waals surface area (Å²) in [5.74, 6) is 1.86. The van der Waals surface area contributed by atoms with Crippen LogP contribution in [0.5, 0.6) is 23.0 Å². The van der Waals surface area contributed by atoms with Crippen molar-refractivity contribution in [3.63, 3.8) is 0 Å². The molecule has 0 unspecified atom stereocenters. The van der Waals surface area contributed by atoms with Gasteiger partial charge in [-0.05, 0) is 24.1 Å². The van der Waals surface area contributed by atoms with Crippen LogP contribution >= 0.6 is 0 Å². The maximum atomic E-state index is 11.9. The van der Waals surface area contributed by atoms with Gasteiger partial charge in [0.25, 0.3) is 5.91 Å². The minimum atomic E-state index is -0.378. The zero-order valence-electron chi connectivity index (χ0n) is 15.9. The standard InChI is InChI=1S/C20H24N2O5/c1-5-14-6-8-15(9-7-14)27-13-20(23)22-21-12-17-18(25-3)10-16(24-2)11-19(17)26-4/h6-12H,5,13H2,1-4H3,(H,22,23)/b21-12+. The Bertz CT molecular complexity index is 762. The van der Waals surface area contributed by atoms with Gasteiger partial charge in [-0.2, -0.15) is 5.10 Å². The zero-order valence-corrected chi connectivity index (χ0v) is 15.9. The van der Waals surface area contributed by atoms with E-state index in [0.717, 1.165) is 6.42 Å². The molecular weight excluding hydrogens is 348 g/mol. The van der Waals surface area contributed by atoms with Crippen molar-refractivity contribution in [1.82, 2.24) is 5.43 Å². The van der Waals surface area contributed by atoms with E-state index in [9.17, 15) is 4.79 Å². The normalized spacial score (nSPS) is 10.5. The Morgan fingerprint density at radius 3 is 2.15 bits per heavy atom. The summed E-state index contributed by atoms with van der Waals surface area (Å²) in [5, 5.41) is 3.95. The van der Waals surface area contributed by atoms with Gasteiger partial charge in [0.05, 0.1) is 33.1 Å². The molecule has 1 amide bonds. The Balaban J connectivity index is 1.96. The summed E-state index contributed by atoms with van der Waals surface area (Å²) in [7, 11) is 4.61. The number of methoxy groups -OCH3 is 3. The van der Waals surface area contributed by atoms with Gasteiger partial charge in [-0.3, -0.25) is 4.79 Å². The SMILES string of the molecule is CCc1ccc(OCC(=O)N/N=C/c2c(OC)cc(OC)cc2OC)cc1. The third-order valence-electron chi connectivity index (χ3n) is 3.84. The molecule has 0 aliphatic heterocycles. The molecule has 0 heterocycles. The first kappa shape index (κ1) is 20.1. The largest absolute Gasteiger partial charge is 0.496 e. The molecule has 2 aromatic carbocycles. The lowest BCUT2D eigenvalue weighted by Gasteiger charge is -2.12. The number of hydrogen-bond acceptors (Lipinski definition) is 6. The van der Waals surface area contributed by atoms with E-state index in [2.05, 4.69) is 17.5 Å². The molecular formula is C20H24N2O5. The summed E-state index contributed by atoms with van der Waals surface area (Å²) in [6, 6.07) is 11.0. The first-order valence-corrected chi connectivity index (χ1v) is 8.44. The van der Waals surface area contributed by atoms with Crippen LogP contribution in [0.15, 0.2) is 41.5 Å². The van der Waals surface area contributed by atoms with E-state index in [1.807, 2.05) is 24.3 Å². The van der Waals surface area contributed by atoms with Crippen LogP contribution in [0.4, 0.5) is 0 Å². The third-order valence-corrected chi connectivity index (χ3v) is 3.84. The molecule has 0 bridgehead atoms. The minimum Gasteiger partial charge on any atom is -0.496 e. The molecule has 0 aromatic heterocycles. The van der Waals surface area contributed by atoms with Gasteiger partial charge < -0.3 is 18.9 Å². The van der Waals surface area contributed by atoms with E-state index < -0.39 is 0 Å². The van der Waals surface area contributed by atoms with Gasteiger partial charge in [-0.25, -0.2) is 5.43 Å². The minimum absolute atomic E-state index is 0.139. The van der Waals surface area contributed by atoms with Crippen LogP contribution in [0.1, 0.15) is 18.1 Å². The lowest BCUT2D eigenvalue weighted by atomic mass is 10.2. The van der Waals surface area contributed by atoms with Crippen molar-refractivity contribution in [2.24, 2.45) is 5.10 Å². The van der Waals surface area contributed by atoms with Crippen LogP contribution in [-0.2, 0) is 11.2 Å². The van der Waals surface area contributed by atoms with E-state index in [0.29, 0.717) is 28.6 Å². The number of hydrogen-bond donors (Lipinski definition) is 1. The van der Waals surface area contributed by atoms with Crippen LogP contribution in [0.2, 0.25) is 0 Å². The number of nitrogens with zero attached hydrogens (tertiary/aromatic N) is 1. The second kappa shape index (κ2) is 10.1. The van der Waals surface area contributed by atoms with Gasteiger partial charge in [0.15, 0.2) is 6.61 Å². The van der Waals surface area contributed by atoms with Gasteiger partial charge in [0.2, 0.25) is 0 Å². The van der Waals surface area contributed by atoms with E-state index in [4.69, 9.17) is 18.9 Å². The summed E-state index contributed by atoms with van der Waals surface area (Å²) < 4.78 is 21.3. The second-order valence-corrected chi connectivity index (χ2v) is 5.52. The number of ether oxygens (including phenoxy) is 4. The maximum Gasteiger partial charge on any atom is 0.277 e. The summed E-state index contributed by atoms with van der Waals surface area (Å²) in [4.78, 5) is 11.9. The number of rotatable bonds is 9. The average molecular weight is 372 g/mol. The van der Waals surface area contributed by atoms with Gasteiger partial charge in [-0.15, -0.1) is 0 Å². The van der Waals surface area contributed by atoms with Crippen molar-refractivity contribution >= 4 is 12.1 Å². The number of carbonyl (C=O) groups is 1. The fraction of sp³-hybridized carbons (Fsp3) is 0.300. The van der Waals surface area contributed by atoms with Crippen molar-refractivity contribution in [3.05, 3.63) is 47.5 Å². The smallest absolute Gasteiger partial charge is 0.277 e. The maximum absolute atomic E-state index is 11.9. The highest BCUT2D eigenvalue weighted by molar-refractivity contribution is 5.89. The molecule has 0 fully saturated rings. The summed E-state index contributed by atoms with van der Waals surface area (Å²) in [6.07, 6.45) is 2.40. The summed E-state index contributed by atoms with van der Waals surface area (Å²) in [6.45, 7) is 1.94. The highest BCUT2D eigenvalue weighted by atomic mass is 16.5. The molecule has 0 saturated heterocycles. The number of carbonyl (C=O) groups excluding carboxylic acids is 1. The first-order valence-electron chi connectivity index (χ1n) is 8.44. The lowest BCUT2D eigenvalue weighted by Crippen LogP contribution is -2.24. The summed E-state index contributed by atoms with van der Waals surface area (Å²) in [5.41, 5.74) is 4.21. The van der Waals surface area contributed by atoms with Crippen molar-refractivity contribution in [2.75, 3.05) is 27.9 Å². The number of benzene rings is 2. The molecule has 0 aliphatic carbocycles. The highest BCUT2D eigenvalue weighted by Crippen LogP contribution is 2.32. The molecule has 27 heavy (non-hydrogen) atoms. The predicted molar refractivity (Wildman–Crippen MR) is 103 cm³/mol. The highest BCUT2D eigenvalue weighted by Gasteiger charge is 2.11. The van der Waals surface area contributed by atoms with E-state index in [1.54, 1.807) is 19.2 Å². The van der Waals surface area contributed by atoms with Crippen LogP contribution < -0.4 is 24.4 Å². The fourth-order valence-corrected chi connectivity index (χ4v) is 2.33. The number of amides is 1. The molecule has 1 N–H and O–H groups in total. The average Bonchev–Trinajstić information content (AvgIpc) is 2.72. The van der Waals surface area contributed by atoms with Crippen molar-refractivity contribution in [1.29, 1.82) is 0 Å². The van der Waals surface area contributed by atoms with Crippen molar-refractivity contribution < 1.29 is 23.7 Å². The van der Waals surface area contributed by atoms with Crippen LogP contribution in [0.25, 0.3) is 0 Å². The molecule has 7 nitrogen and oxygen atoms in total. The van der Waals surface area contributed by atoms with Gasteiger partial charge in [0, 0.05) is 12.1 Å². The molecule has 0 atom stereocenters. The van der Waals surface area contributed by atoms with Gasteiger partial charge >= 0.3 is 0 Å². The molecule has 2 rings (SSSR count). The lowest BCUT2D eigenvalue weighted by molar-refractivity contribution is -0.123. The molecule has 0 saturated carbocycles. The Hall–Kier alpha value is -3.22. The molecule has 0 aliphatic rings. The van der Waals surface area contributed by atoms with Gasteiger partial charge in [0.1, 0.15) is 23.0 Å². The number of nitrogens with one attached hydrogen (secondary N) is 1. The zero-order chi connectivity index (χ0) is 19.6. The summed E-state index contributed by atoms with van der Waals surface area (Å²) >= 11 is 0. The van der Waals surface area contributed by atoms with E-state index in [1.165, 1.54) is 26.0 Å². The Kier molecular flexibility index (Phi) is 7.49. The van der Waals surface area contributed by atoms with Crippen LogP contribution in [-0.4, -0.2) is 40.1 Å². The quantitative estimate of drug-likeness (QED) is 0.541. The Morgan fingerprint density at radius 1 is 1.00 bits per heavy atom. The van der Waals surface area contributed by atoms with Crippen LogP contribution in [0.3, 0.4) is 0 Å². The van der Waals surface area contributed by atoms with Crippen molar-refractivity contribution in [3.8, 4) is 23.0 Å². The molecule has 7 heteroatoms. The molecule has 0 radical (unpaired) electrons. The number of aryl methyl sites for hydroxylation is 1. The Morgan fingerprint density at radius 2 is 1.63 bits per heavy atom. The molecule has 144 valence electrons. The van der Waals surface area contributed by atoms with E-state index >= 15 is 0 Å². The molecule has 0 spiro atoms. The number of hydrazone groups is 1. The third kappa shape index (κ3) is 5.64. The topological polar surface area (TPSA) is 78.4 Å².